The molecular weight excluding hydrogens is 266 g/mol. The standard InChI is InChI=1S/C16H19N3O2/c1-16(2,3)13-6-8-18(9-7-13)14-4-5-15(19(20)21)12(10-14)11-17/h4-6,10H,7-9H2,1-3H3. The molecule has 0 aliphatic carbocycles. The maximum atomic E-state index is 10.9. The summed E-state index contributed by atoms with van der Waals surface area (Å²) >= 11 is 0. The molecule has 5 nitrogen and oxygen atoms in total. The Bertz CT molecular complexity index is 636. The summed E-state index contributed by atoms with van der Waals surface area (Å²) in [6.07, 6.45) is 3.19. The zero-order chi connectivity index (χ0) is 15.6. The Balaban J connectivity index is 2.24. The second-order valence-corrected chi connectivity index (χ2v) is 6.25. The monoisotopic (exact) mass is 285 g/mol. The van der Waals surface area contributed by atoms with E-state index < -0.39 is 4.92 Å². The van der Waals surface area contributed by atoms with Crippen LogP contribution in [0.25, 0.3) is 0 Å². The summed E-state index contributed by atoms with van der Waals surface area (Å²) in [6.45, 7) is 8.25. The molecule has 1 aromatic carbocycles. The summed E-state index contributed by atoms with van der Waals surface area (Å²) in [4.78, 5) is 12.5. The quantitative estimate of drug-likeness (QED) is 0.472. The summed E-state index contributed by atoms with van der Waals surface area (Å²) < 4.78 is 0. The fourth-order valence-electron chi connectivity index (χ4n) is 2.55. The highest BCUT2D eigenvalue weighted by Gasteiger charge is 2.22. The number of nitrogens with zero attached hydrogens (tertiary/aromatic N) is 3. The van der Waals surface area contributed by atoms with Gasteiger partial charge in [-0.15, -0.1) is 0 Å². The van der Waals surface area contributed by atoms with Gasteiger partial charge >= 0.3 is 0 Å². The summed E-state index contributed by atoms with van der Waals surface area (Å²) in [5, 5.41) is 19.9. The summed E-state index contributed by atoms with van der Waals surface area (Å²) in [6, 6.07) is 6.64. The van der Waals surface area contributed by atoms with Crippen LogP contribution in [0.4, 0.5) is 11.4 Å². The highest BCUT2D eigenvalue weighted by atomic mass is 16.6. The van der Waals surface area contributed by atoms with Crippen molar-refractivity contribution in [3.05, 3.63) is 45.5 Å². The third-order valence-corrected chi connectivity index (χ3v) is 3.83. The van der Waals surface area contributed by atoms with Crippen LogP contribution in [0.5, 0.6) is 0 Å². The second-order valence-electron chi connectivity index (χ2n) is 6.25. The number of hydrogen-bond acceptors (Lipinski definition) is 4. The molecule has 0 N–H and O–H groups in total. The molecule has 0 saturated heterocycles. The summed E-state index contributed by atoms with van der Waals surface area (Å²) in [7, 11) is 0. The van der Waals surface area contributed by atoms with E-state index in [0.717, 1.165) is 25.2 Å². The van der Waals surface area contributed by atoms with E-state index in [1.807, 2.05) is 6.07 Å². The lowest BCUT2D eigenvalue weighted by atomic mass is 9.83. The van der Waals surface area contributed by atoms with E-state index in [4.69, 9.17) is 5.26 Å². The molecule has 0 aromatic heterocycles. The van der Waals surface area contributed by atoms with Gasteiger partial charge in [-0.25, -0.2) is 0 Å². The SMILES string of the molecule is CC(C)(C)C1=CCN(c2ccc([N+](=O)[O-])c(C#N)c2)CC1. The van der Waals surface area contributed by atoms with Crippen LogP contribution in [-0.2, 0) is 0 Å². The predicted octanol–water partition coefficient (Wildman–Crippen LogP) is 3.65. The van der Waals surface area contributed by atoms with Crippen LogP contribution in [0.15, 0.2) is 29.8 Å². The molecule has 1 aliphatic rings. The van der Waals surface area contributed by atoms with Crippen LogP contribution in [0.2, 0.25) is 0 Å². The first kappa shape index (κ1) is 15.0. The Kier molecular flexibility index (Phi) is 3.99. The molecule has 0 atom stereocenters. The van der Waals surface area contributed by atoms with Crippen molar-refractivity contribution < 1.29 is 4.92 Å². The lowest BCUT2D eigenvalue weighted by molar-refractivity contribution is -0.385. The lowest BCUT2D eigenvalue weighted by Crippen LogP contribution is -2.31. The summed E-state index contributed by atoms with van der Waals surface area (Å²) in [5.41, 5.74) is 2.45. The van der Waals surface area contributed by atoms with Gasteiger partial charge in [0.15, 0.2) is 0 Å². The smallest absolute Gasteiger partial charge is 0.287 e. The topological polar surface area (TPSA) is 70.2 Å². The number of benzene rings is 1. The van der Waals surface area contributed by atoms with Gasteiger partial charge in [0, 0.05) is 24.8 Å². The zero-order valence-electron chi connectivity index (χ0n) is 12.6. The number of hydrogen-bond donors (Lipinski definition) is 0. The first-order valence-corrected chi connectivity index (χ1v) is 6.96. The molecular formula is C16H19N3O2. The first-order valence-electron chi connectivity index (χ1n) is 6.96. The van der Waals surface area contributed by atoms with Crippen LogP contribution < -0.4 is 4.90 Å². The van der Waals surface area contributed by atoms with E-state index >= 15 is 0 Å². The molecule has 1 heterocycles. The van der Waals surface area contributed by atoms with Crippen LogP contribution in [0.1, 0.15) is 32.8 Å². The number of nitriles is 1. The predicted molar refractivity (Wildman–Crippen MR) is 82.2 cm³/mol. The van der Waals surface area contributed by atoms with Crippen molar-refractivity contribution in [1.29, 1.82) is 5.26 Å². The Morgan fingerprint density at radius 3 is 2.57 bits per heavy atom. The third kappa shape index (κ3) is 3.22. The van der Waals surface area contributed by atoms with Crippen LogP contribution in [0.3, 0.4) is 0 Å². The van der Waals surface area contributed by atoms with Crippen molar-refractivity contribution in [2.75, 3.05) is 18.0 Å². The Morgan fingerprint density at radius 1 is 1.38 bits per heavy atom. The fraction of sp³-hybridized carbons (Fsp3) is 0.438. The Hall–Kier alpha value is -2.35. The van der Waals surface area contributed by atoms with Crippen LogP contribution in [-0.4, -0.2) is 18.0 Å². The maximum absolute atomic E-state index is 10.9. The van der Waals surface area contributed by atoms with E-state index in [1.165, 1.54) is 11.6 Å². The van der Waals surface area contributed by atoms with Crippen LogP contribution >= 0.6 is 0 Å². The van der Waals surface area contributed by atoms with E-state index in [0.29, 0.717) is 0 Å². The molecule has 1 aromatic rings. The average molecular weight is 285 g/mol. The molecule has 0 fully saturated rings. The molecule has 0 amide bonds. The van der Waals surface area contributed by atoms with Crippen molar-refractivity contribution in [3.63, 3.8) is 0 Å². The largest absolute Gasteiger partial charge is 0.367 e. The molecule has 0 spiro atoms. The molecule has 110 valence electrons. The van der Waals surface area contributed by atoms with Gasteiger partial charge in [0.05, 0.1) is 4.92 Å². The minimum absolute atomic E-state index is 0.114. The van der Waals surface area contributed by atoms with Crippen molar-refractivity contribution >= 4 is 11.4 Å². The number of rotatable bonds is 2. The molecule has 0 unspecified atom stereocenters. The molecule has 1 aliphatic heterocycles. The van der Waals surface area contributed by atoms with Crippen molar-refractivity contribution in [1.82, 2.24) is 0 Å². The highest BCUT2D eigenvalue weighted by molar-refractivity contribution is 5.60. The van der Waals surface area contributed by atoms with Gasteiger partial charge in [0.2, 0.25) is 0 Å². The number of nitro groups is 1. The molecule has 0 radical (unpaired) electrons. The second kappa shape index (κ2) is 5.57. The number of anilines is 1. The van der Waals surface area contributed by atoms with E-state index in [9.17, 15) is 10.1 Å². The van der Waals surface area contributed by atoms with Crippen molar-refractivity contribution in [2.45, 2.75) is 27.2 Å². The van der Waals surface area contributed by atoms with Crippen molar-refractivity contribution in [2.24, 2.45) is 5.41 Å². The lowest BCUT2D eigenvalue weighted by Gasteiger charge is -2.33. The highest BCUT2D eigenvalue weighted by Crippen LogP contribution is 2.32. The van der Waals surface area contributed by atoms with Crippen molar-refractivity contribution in [3.8, 4) is 6.07 Å². The molecule has 21 heavy (non-hydrogen) atoms. The minimum Gasteiger partial charge on any atom is -0.367 e. The Labute approximate surface area is 124 Å². The fourth-order valence-corrected chi connectivity index (χ4v) is 2.55. The Morgan fingerprint density at radius 2 is 2.10 bits per heavy atom. The van der Waals surface area contributed by atoms with Gasteiger partial charge in [-0.2, -0.15) is 5.26 Å². The normalized spacial score (nSPS) is 15.3. The maximum Gasteiger partial charge on any atom is 0.287 e. The minimum atomic E-state index is -0.518. The average Bonchev–Trinajstić information content (AvgIpc) is 2.45. The first-order chi connectivity index (χ1) is 9.82. The molecule has 0 saturated carbocycles. The van der Waals surface area contributed by atoms with E-state index in [1.54, 1.807) is 12.1 Å². The van der Waals surface area contributed by atoms with E-state index in [2.05, 4.69) is 31.7 Å². The van der Waals surface area contributed by atoms with Gasteiger partial charge in [0.25, 0.3) is 5.69 Å². The zero-order valence-corrected chi connectivity index (χ0v) is 12.6. The third-order valence-electron chi connectivity index (χ3n) is 3.83. The summed E-state index contributed by atoms with van der Waals surface area (Å²) in [5.74, 6) is 0. The van der Waals surface area contributed by atoms with Gasteiger partial charge in [-0.1, -0.05) is 32.4 Å². The molecule has 0 bridgehead atoms. The van der Waals surface area contributed by atoms with Gasteiger partial charge in [-0.3, -0.25) is 10.1 Å². The van der Waals surface area contributed by atoms with E-state index in [-0.39, 0.29) is 16.7 Å². The molecule has 5 heteroatoms. The number of nitro benzene ring substituents is 1. The van der Waals surface area contributed by atoms with Gasteiger partial charge in [-0.05, 0) is 24.0 Å². The van der Waals surface area contributed by atoms with Gasteiger partial charge < -0.3 is 4.90 Å². The molecule has 2 rings (SSSR count). The van der Waals surface area contributed by atoms with Gasteiger partial charge in [0.1, 0.15) is 11.6 Å². The van der Waals surface area contributed by atoms with Crippen LogP contribution in [0, 0.1) is 26.9 Å².